The molecule has 3 atom stereocenters. The molecule has 1 N–H and O–H groups in total. The molecule has 106 valence electrons. The zero-order valence-electron chi connectivity index (χ0n) is 12.4. The SMILES string of the molecule is CCNC(c1ccc(C)cc1C)C1SCCSC1C. The van der Waals surface area contributed by atoms with Gasteiger partial charge < -0.3 is 5.32 Å². The van der Waals surface area contributed by atoms with E-state index in [2.05, 4.69) is 74.7 Å². The van der Waals surface area contributed by atoms with Crippen molar-refractivity contribution in [3.05, 3.63) is 34.9 Å². The lowest BCUT2D eigenvalue weighted by Crippen LogP contribution is -2.38. The van der Waals surface area contributed by atoms with Crippen LogP contribution in [-0.2, 0) is 0 Å². The lowest BCUT2D eigenvalue weighted by Gasteiger charge is -2.36. The van der Waals surface area contributed by atoms with Crippen LogP contribution in [0, 0.1) is 13.8 Å². The summed E-state index contributed by atoms with van der Waals surface area (Å²) in [6, 6.07) is 7.37. The molecule has 0 saturated carbocycles. The van der Waals surface area contributed by atoms with Gasteiger partial charge in [-0.3, -0.25) is 0 Å². The molecular weight excluding hydrogens is 270 g/mol. The lowest BCUT2D eigenvalue weighted by molar-refractivity contribution is 0.523. The molecule has 3 unspecified atom stereocenters. The molecule has 0 aromatic heterocycles. The Balaban J connectivity index is 2.27. The average molecular weight is 296 g/mol. The minimum Gasteiger partial charge on any atom is -0.309 e. The molecule has 0 amide bonds. The first kappa shape index (κ1) is 15.3. The molecular formula is C16H25NS2. The van der Waals surface area contributed by atoms with Crippen LogP contribution in [0.4, 0.5) is 0 Å². The van der Waals surface area contributed by atoms with Crippen LogP contribution in [0.25, 0.3) is 0 Å². The van der Waals surface area contributed by atoms with Crippen LogP contribution < -0.4 is 5.32 Å². The van der Waals surface area contributed by atoms with Gasteiger partial charge in [-0.05, 0) is 31.5 Å². The highest BCUT2D eigenvalue weighted by molar-refractivity contribution is 8.07. The molecule has 0 spiro atoms. The van der Waals surface area contributed by atoms with Crippen LogP contribution in [0.1, 0.15) is 36.6 Å². The summed E-state index contributed by atoms with van der Waals surface area (Å²) < 4.78 is 0. The minimum atomic E-state index is 0.485. The molecule has 1 aromatic rings. The van der Waals surface area contributed by atoms with Crippen molar-refractivity contribution in [2.45, 2.75) is 44.2 Å². The Labute approximate surface area is 126 Å². The first-order valence-corrected chi connectivity index (χ1v) is 9.27. The van der Waals surface area contributed by atoms with Gasteiger partial charge in [0.2, 0.25) is 0 Å². The van der Waals surface area contributed by atoms with E-state index in [1.54, 1.807) is 0 Å². The Kier molecular flexibility index (Phi) is 5.67. The van der Waals surface area contributed by atoms with Gasteiger partial charge in [0.05, 0.1) is 0 Å². The number of hydrogen-bond acceptors (Lipinski definition) is 3. The van der Waals surface area contributed by atoms with E-state index < -0.39 is 0 Å². The van der Waals surface area contributed by atoms with Crippen LogP contribution in [-0.4, -0.2) is 28.6 Å². The Bertz CT molecular complexity index is 419. The van der Waals surface area contributed by atoms with Crippen molar-refractivity contribution in [3.63, 3.8) is 0 Å². The fourth-order valence-corrected chi connectivity index (χ4v) is 5.75. The normalized spacial score (nSPS) is 25.3. The van der Waals surface area contributed by atoms with Crippen molar-refractivity contribution in [1.29, 1.82) is 0 Å². The van der Waals surface area contributed by atoms with Gasteiger partial charge in [0, 0.05) is 28.0 Å². The summed E-state index contributed by atoms with van der Waals surface area (Å²) in [6.45, 7) is 10.1. The minimum absolute atomic E-state index is 0.485. The van der Waals surface area contributed by atoms with Gasteiger partial charge in [0.15, 0.2) is 0 Å². The van der Waals surface area contributed by atoms with Gasteiger partial charge in [-0.2, -0.15) is 23.5 Å². The van der Waals surface area contributed by atoms with E-state index in [9.17, 15) is 0 Å². The fourth-order valence-electron chi connectivity index (χ4n) is 2.81. The van der Waals surface area contributed by atoms with Gasteiger partial charge in [-0.15, -0.1) is 0 Å². The van der Waals surface area contributed by atoms with Gasteiger partial charge in [0.1, 0.15) is 0 Å². The molecule has 0 aliphatic carbocycles. The van der Waals surface area contributed by atoms with Crippen molar-refractivity contribution in [3.8, 4) is 0 Å². The molecule has 1 aliphatic heterocycles. The third-order valence-electron chi connectivity index (χ3n) is 3.75. The maximum Gasteiger partial charge on any atom is 0.0453 e. The molecule has 1 saturated heterocycles. The fraction of sp³-hybridized carbons (Fsp3) is 0.625. The maximum atomic E-state index is 3.73. The van der Waals surface area contributed by atoms with E-state index in [1.807, 2.05) is 0 Å². The summed E-state index contributed by atoms with van der Waals surface area (Å²) in [5, 5.41) is 5.13. The van der Waals surface area contributed by atoms with E-state index >= 15 is 0 Å². The zero-order chi connectivity index (χ0) is 13.8. The van der Waals surface area contributed by atoms with Gasteiger partial charge in [-0.25, -0.2) is 0 Å². The molecule has 1 nitrogen and oxygen atoms in total. The van der Waals surface area contributed by atoms with Crippen LogP contribution in [0.5, 0.6) is 0 Å². The van der Waals surface area contributed by atoms with Crippen molar-refractivity contribution in [1.82, 2.24) is 5.32 Å². The quantitative estimate of drug-likeness (QED) is 0.894. The standard InChI is InChI=1S/C16H25NS2/c1-5-17-15(16-13(4)18-8-9-19-16)14-7-6-11(2)10-12(14)3/h6-7,10,13,15-17H,5,8-9H2,1-4H3. The molecule has 1 aromatic carbocycles. The second-order valence-electron chi connectivity index (χ2n) is 5.31. The van der Waals surface area contributed by atoms with Crippen molar-refractivity contribution >= 4 is 23.5 Å². The van der Waals surface area contributed by atoms with E-state index in [4.69, 9.17) is 0 Å². The Morgan fingerprint density at radius 1 is 1.26 bits per heavy atom. The third kappa shape index (κ3) is 3.71. The van der Waals surface area contributed by atoms with Crippen molar-refractivity contribution in [2.24, 2.45) is 0 Å². The van der Waals surface area contributed by atoms with Crippen LogP contribution in [0.15, 0.2) is 18.2 Å². The van der Waals surface area contributed by atoms with Gasteiger partial charge in [0.25, 0.3) is 0 Å². The number of thioether (sulfide) groups is 2. The number of aryl methyl sites for hydroxylation is 2. The first-order valence-electron chi connectivity index (χ1n) is 7.17. The maximum absolute atomic E-state index is 3.73. The highest BCUT2D eigenvalue weighted by Crippen LogP contribution is 2.39. The molecule has 2 rings (SSSR count). The highest BCUT2D eigenvalue weighted by atomic mass is 32.2. The Hall–Kier alpha value is -0.120. The van der Waals surface area contributed by atoms with Gasteiger partial charge >= 0.3 is 0 Å². The first-order chi connectivity index (χ1) is 9.13. The third-order valence-corrected chi connectivity index (χ3v) is 6.94. The summed E-state index contributed by atoms with van der Waals surface area (Å²) in [4.78, 5) is 0. The summed E-state index contributed by atoms with van der Waals surface area (Å²) in [7, 11) is 0. The molecule has 0 bridgehead atoms. The average Bonchev–Trinajstić information content (AvgIpc) is 2.38. The number of rotatable bonds is 4. The summed E-state index contributed by atoms with van der Waals surface area (Å²) in [5.74, 6) is 2.58. The summed E-state index contributed by atoms with van der Waals surface area (Å²) >= 11 is 4.27. The Morgan fingerprint density at radius 3 is 2.63 bits per heavy atom. The molecule has 1 fully saturated rings. The Morgan fingerprint density at radius 2 is 2.00 bits per heavy atom. The van der Waals surface area contributed by atoms with Crippen LogP contribution in [0.3, 0.4) is 0 Å². The summed E-state index contributed by atoms with van der Waals surface area (Å²) in [5.41, 5.74) is 4.27. The monoisotopic (exact) mass is 295 g/mol. The predicted molar refractivity (Wildman–Crippen MR) is 90.5 cm³/mol. The van der Waals surface area contributed by atoms with E-state index in [-0.39, 0.29) is 0 Å². The topological polar surface area (TPSA) is 12.0 Å². The zero-order valence-corrected chi connectivity index (χ0v) is 14.0. The predicted octanol–water partition coefficient (Wildman–Crippen LogP) is 4.19. The van der Waals surface area contributed by atoms with Crippen LogP contribution >= 0.6 is 23.5 Å². The molecule has 0 radical (unpaired) electrons. The van der Waals surface area contributed by atoms with Crippen LogP contribution in [0.2, 0.25) is 0 Å². The number of nitrogens with one attached hydrogen (secondary N) is 1. The summed E-state index contributed by atoms with van der Waals surface area (Å²) in [6.07, 6.45) is 0. The smallest absolute Gasteiger partial charge is 0.0453 e. The van der Waals surface area contributed by atoms with E-state index in [1.165, 1.54) is 28.2 Å². The lowest BCUT2D eigenvalue weighted by atomic mass is 9.95. The second-order valence-corrected chi connectivity index (χ2v) is 8.08. The molecule has 1 aliphatic rings. The molecule has 1 heterocycles. The second kappa shape index (κ2) is 7.05. The molecule has 3 heteroatoms. The molecule has 19 heavy (non-hydrogen) atoms. The van der Waals surface area contributed by atoms with Crippen molar-refractivity contribution in [2.75, 3.05) is 18.1 Å². The van der Waals surface area contributed by atoms with Crippen molar-refractivity contribution < 1.29 is 0 Å². The van der Waals surface area contributed by atoms with E-state index in [0.29, 0.717) is 11.3 Å². The number of hydrogen-bond donors (Lipinski definition) is 1. The largest absolute Gasteiger partial charge is 0.309 e. The number of benzene rings is 1. The van der Waals surface area contributed by atoms with E-state index in [0.717, 1.165) is 11.8 Å². The highest BCUT2D eigenvalue weighted by Gasteiger charge is 2.31. The van der Waals surface area contributed by atoms with Gasteiger partial charge in [-0.1, -0.05) is 37.6 Å².